The number of carbonyl (C=O) groups excluding carboxylic acids is 1. The molecule has 0 bridgehead atoms. The van der Waals surface area contributed by atoms with E-state index in [0.717, 1.165) is 36.8 Å². The van der Waals surface area contributed by atoms with Crippen molar-refractivity contribution in [3.05, 3.63) is 35.4 Å². The van der Waals surface area contributed by atoms with E-state index in [4.69, 9.17) is 5.73 Å². The Kier molecular flexibility index (Phi) is 7.19. The third kappa shape index (κ3) is 5.43. The van der Waals surface area contributed by atoms with Crippen LogP contribution in [-0.4, -0.2) is 5.91 Å². The van der Waals surface area contributed by atoms with E-state index >= 15 is 0 Å². The summed E-state index contributed by atoms with van der Waals surface area (Å²) < 4.78 is 0. The van der Waals surface area contributed by atoms with E-state index < -0.39 is 0 Å². The molecular formula is C16H26N2O. The summed E-state index contributed by atoms with van der Waals surface area (Å²) in [6.45, 7) is 5.40. The first-order valence-electron chi connectivity index (χ1n) is 7.26. The Morgan fingerprint density at radius 2 is 1.84 bits per heavy atom. The topological polar surface area (TPSA) is 55.1 Å². The second-order valence-electron chi connectivity index (χ2n) is 4.99. The molecule has 0 aliphatic heterocycles. The molecule has 0 spiro atoms. The Morgan fingerprint density at radius 1 is 1.21 bits per heavy atom. The van der Waals surface area contributed by atoms with Crippen LogP contribution in [0, 0.1) is 5.92 Å². The van der Waals surface area contributed by atoms with Gasteiger partial charge in [0.1, 0.15) is 0 Å². The number of benzene rings is 1. The van der Waals surface area contributed by atoms with Crippen LogP contribution in [0.25, 0.3) is 0 Å². The van der Waals surface area contributed by atoms with Crippen molar-refractivity contribution in [3.8, 4) is 0 Å². The smallest absolute Gasteiger partial charge is 0.223 e. The highest BCUT2D eigenvalue weighted by Crippen LogP contribution is 2.13. The number of carbonyl (C=O) groups is 1. The zero-order chi connectivity index (χ0) is 14.1. The molecule has 0 fully saturated rings. The van der Waals surface area contributed by atoms with E-state index in [1.165, 1.54) is 0 Å². The van der Waals surface area contributed by atoms with Gasteiger partial charge >= 0.3 is 0 Å². The lowest BCUT2D eigenvalue weighted by Crippen LogP contribution is -2.30. The molecule has 1 rings (SSSR count). The van der Waals surface area contributed by atoms with Gasteiger partial charge in [-0.25, -0.2) is 0 Å². The molecule has 0 aromatic heterocycles. The fraction of sp³-hybridized carbons (Fsp3) is 0.562. The Balaban J connectivity index is 2.43. The van der Waals surface area contributed by atoms with E-state index in [1.54, 1.807) is 0 Å². The number of hydrogen-bond acceptors (Lipinski definition) is 2. The molecule has 1 aromatic carbocycles. The van der Waals surface area contributed by atoms with Crippen molar-refractivity contribution in [2.75, 3.05) is 0 Å². The predicted octanol–water partition coefficient (Wildman–Crippen LogP) is 2.98. The van der Waals surface area contributed by atoms with Gasteiger partial charge in [-0.05, 0) is 24.0 Å². The fourth-order valence-corrected chi connectivity index (χ4v) is 2.10. The average molecular weight is 262 g/mol. The lowest BCUT2D eigenvalue weighted by Gasteiger charge is -2.14. The summed E-state index contributed by atoms with van der Waals surface area (Å²) in [5, 5.41) is 3.03. The van der Waals surface area contributed by atoms with Crippen molar-refractivity contribution in [3.63, 3.8) is 0 Å². The molecule has 106 valence electrons. The molecule has 0 aliphatic rings. The molecule has 0 heterocycles. The van der Waals surface area contributed by atoms with E-state index in [-0.39, 0.29) is 11.8 Å². The van der Waals surface area contributed by atoms with Crippen molar-refractivity contribution in [2.24, 2.45) is 11.7 Å². The van der Waals surface area contributed by atoms with Gasteiger partial charge < -0.3 is 11.1 Å². The Hall–Kier alpha value is -1.35. The Bertz CT molecular complexity index is 373. The maximum Gasteiger partial charge on any atom is 0.223 e. The first-order valence-corrected chi connectivity index (χ1v) is 7.26. The van der Waals surface area contributed by atoms with Gasteiger partial charge in [0, 0.05) is 19.0 Å². The lowest BCUT2D eigenvalue weighted by atomic mass is 9.98. The van der Waals surface area contributed by atoms with Crippen molar-refractivity contribution >= 4 is 5.91 Å². The number of unbranched alkanes of at least 4 members (excludes halogenated alkanes) is 1. The summed E-state index contributed by atoms with van der Waals surface area (Å²) in [5.41, 5.74) is 7.79. The maximum atomic E-state index is 12.0. The van der Waals surface area contributed by atoms with Gasteiger partial charge in [-0.3, -0.25) is 4.79 Å². The normalized spacial score (nSPS) is 12.2. The third-order valence-electron chi connectivity index (χ3n) is 3.50. The van der Waals surface area contributed by atoms with E-state index in [9.17, 15) is 4.79 Å². The minimum Gasteiger partial charge on any atom is -0.352 e. The van der Waals surface area contributed by atoms with Gasteiger partial charge in [-0.15, -0.1) is 0 Å². The van der Waals surface area contributed by atoms with Gasteiger partial charge in [-0.2, -0.15) is 0 Å². The van der Waals surface area contributed by atoms with Gasteiger partial charge in [0.2, 0.25) is 5.91 Å². The maximum absolute atomic E-state index is 12.0. The van der Waals surface area contributed by atoms with Crippen molar-refractivity contribution in [1.29, 1.82) is 0 Å². The van der Waals surface area contributed by atoms with Crippen LogP contribution in [0.4, 0.5) is 0 Å². The molecule has 3 heteroatoms. The first-order chi connectivity index (χ1) is 9.21. The molecule has 1 amide bonds. The van der Waals surface area contributed by atoms with E-state index in [1.807, 2.05) is 24.3 Å². The molecule has 19 heavy (non-hydrogen) atoms. The minimum absolute atomic E-state index is 0.156. The van der Waals surface area contributed by atoms with Crippen LogP contribution < -0.4 is 11.1 Å². The van der Waals surface area contributed by atoms with Crippen LogP contribution >= 0.6 is 0 Å². The van der Waals surface area contributed by atoms with Crippen LogP contribution in [0.15, 0.2) is 24.3 Å². The summed E-state index contributed by atoms with van der Waals surface area (Å²) in [7, 11) is 0. The highest BCUT2D eigenvalue weighted by Gasteiger charge is 2.14. The van der Waals surface area contributed by atoms with E-state index in [0.29, 0.717) is 13.1 Å². The predicted molar refractivity (Wildman–Crippen MR) is 79.5 cm³/mol. The van der Waals surface area contributed by atoms with Crippen LogP contribution in [0.5, 0.6) is 0 Å². The highest BCUT2D eigenvalue weighted by atomic mass is 16.1. The van der Waals surface area contributed by atoms with Crippen molar-refractivity contribution < 1.29 is 4.79 Å². The third-order valence-corrected chi connectivity index (χ3v) is 3.50. The molecule has 3 N–H and O–H groups in total. The number of hydrogen-bond donors (Lipinski definition) is 2. The zero-order valence-corrected chi connectivity index (χ0v) is 12.1. The Labute approximate surface area is 116 Å². The zero-order valence-electron chi connectivity index (χ0n) is 12.1. The largest absolute Gasteiger partial charge is 0.352 e. The van der Waals surface area contributed by atoms with Crippen LogP contribution in [0.3, 0.4) is 0 Å². The Morgan fingerprint density at radius 3 is 2.37 bits per heavy atom. The molecule has 0 saturated heterocycles. The molecule has 0 radical (unpaired) electrons. The molecule has 1 unspecified atom stereocenters. The summed E-state index contributed by atoms with van der Waals surface area (Å²) in [6.07, 6.45) is 4.17. The van der Waals surface area contributed by atoms with Gasteiger partial charge in [0.05, 0.1) is 0 Å². The quantitative estimate of drug-likeness (QED) is 0.756. The summed E-state index contributed by atoms with van der Waals surface area (Å²) in [4.78, 5) is 12.0. The van der Waals surface area contributed by atoms with Gasteiger partial charge in [-0.1, -0.05) is 51.0 Å². The average Bonchev–Trinajstić information content (AvgIpc) is 2.46. The van der Waals surface area contributed by atoms with Crippen molar-refractivity contribution in [2.45, 2.75) is 52.6 Å². The minimum atomic E-state index is 0.156. The summed E-state index contributed by atoms with van der Waals surface area (Å²) in [6, 6.07) is 8.07. The molecular weight excluding hydrogens is 236 g/mol. The summed E-state index contributed by atoms with van der Waals surface area (Å²) >= 11 is 0. The standard InChI is InChI=1S/C16H26N2O/c1-3-5-6-15(4-2)16(19)18-12-14-9-7-13(11-17)8-10-14/h7-10,15H,3-6,11-12,17H2,1-2H3,(H,18,19). The number of nitrogens with two attached hydrogens (primary N) is 1. The van der Waals surface area contributed by atoms with Crippen LogP contribution in [0.2, 0.25) is 0 Å². The molecule has 0 saturated carbocycles. The first kappa shape index (κ1) is 15.7. The molecule has 3 nitrogen and oxygen atoms in total. The number of amides is 1. The summed E-state index contributed by atoms with van der Waals surface area (Å²) in [5.74, 6) is 0.335. The highest BCUT2D eigenvalue weighted by molar-refractivity contribution is 5.78. The second-order valence-corrected chi connectivity index (χ2v) is 4.99. The van der Waals surface area contributed by atoms with Gasteiger partial charge in [0.25, 0.3) is 0 Å². The lowest BCUT2D eigenvalue weighted by molar-refractivity contribution is -0.125. The number of nitrogens with one attached hydrogen (secondary N) is 1. The number of rotatable bonds is 8. The van der Waals surface area contributed by atoms with Crippen LogP contribution in [-0.2, 0) is 17.9 Å². The van der Waals surface area contributed by atoms with Gasteiger partial charge in [0.15, 0.2) is 0 Å². The monoisotopic (exact) mass is 262 g/mol. The van der Waals surface area contributed by atoms with E-state index in [2.05, 4.69) is 19.2 Å². The van der Waals surface area contributed by atoms with Crippen LogP contribution in [0.1, 0.15) is 50.7 Å². The SMILES string of the molecule is CCCCC(CC)C(=O)NCc1ccc(CN)cc1. The molecule has 1 atom stereocenters. The molecule has 0 aliphatic carbocycles. The van der Waals surface area contributed by atoms with Crippen molar-refractivity contribution in [1.82, 2.24) is 5.32 Å². The second kappa shape index (κ2) is 8.70. The fourth-order valence-electron chi connectivity index (χ4n) is 2.10. The molecule has 1 aromatic rings.